The van der Waals surface area contributed by atoms with Crippen molar-refractivity contribution in [1.82, 2.24) is 10.2 Å². The van der Waals surface area contributed by atoms with Crippen LogP contribution in [0.2, 0.25) is 10.0 Å². The standard InChI is InChI=1S/C29H33Cl2N3O4S/c1-3-32-29(36)27(19-22-11-6-4-7-12-22)33(21-23-16-17-24(30)20-26(23)31)28(35)15-10-18-34(39(2,37)38)25-13-8-5-9-14-25/h4-9,11-14,16-17,20,27H,3,10,15,18-19,21H2,1-2H3,(H,32,36)/t27-/m1/s1. The molecule has 0 fully saturated rings. The van der Waals surface area contributed by atoms with Crippen molar-refractivity contribution in [3.63, 3.8) is 0 Å². The number of halogens is 2. The van der Waals surface area contributed by atoms with E-state index in [9.17, 15) is 18.0 Å². The third kappa shape index (κ3) is 8.98. The van der Waals surface area contributed by atoms with E-state index in [1.165, 1.54) is 9.21 Å². The lowest BCUT2D eigenvalue weighted by atomic mass is 10.0. The predicted octanol–water partition coefficient (Wildman–Crippen LogP) is 5.32. The molecule has 39 heavy (non-hydrogen) atoms. The Balaban J connectivity index is 1.88. The van der Waals surface area contributed by atoms with Gasteiger partial charge in [-0.25, -0.2) is 8.42 Å². The summed E-state index contributed by atoms with van der Waals surface area (Å²) >= 11 is 12.5. The van der Waals surface area contributed by atoms with Crippen molar-refractivity contribution < 1.29 is 18.0 Å². The largest absolute Gasteiger partial charge is 0.355 e. The monoisotopic (exact) mass is 589 g/mol. The molecule has 0 radical (unpaired) electrons. The minimum Gasteiger partial charge on any atom is -0.355 e. The lowest BCUT2D eigenvalue weighted by Gasteiger charge is -2.32. The maximum absolute atomic E-state index is 13.7. The number of amides is 2. The molecule has 0 bridgehead atoms. The zero-order chi connectivity index (χ0) is 28.4. The second-order valence-corrected chi connectivity index (χ2v) is 11.9. The molecule has 0 aliphatic carbocycles. The summed E-state index contributed by atoms with van der Waals surface area (Å²) in [5, 5.41) is 3.71. The van der Waals surface area contributed by atoms with Crippen LogP contribution in [-0.2, 0) is 32.6 Å². The predicted molar refractivity (Wildman–Crippen MR) is 157 cm³/mol. The lowest BCUT2D eigenvalue weighted by molar-refractivity contribution is -0.141. The van der Waals surface area contributed by atoms with Gasteiger partial charge >= 0.3 is 0 Å². The Labute approximate surface area is 240 Å². The molecule has 0 saturated heterocycles. The minimum atomic E-state index is -3.56. The molecule has 3 rings (SSSR count). The Hall–Kier alpha value is -3.07. The molecule has 208 valence electrons. The molecule has 0 aliphatic rings. The quantitative estimate of drug-likeness (QED) is 0.292. The molecule has 0 unspecified atom stereocenters. The van der Waals surface area contributed by atoms with Crippen molar-refractivity contribution in [3.8, 4) is 0 Å². The van der Waals surface area contributed by atoms with Crippen LogP contribution in [0.1, 0.15) is 30.9 Å². The number of nitrogens with one attached hydrogen (secondary N) is 1. The second-order valence-electron chi connectivity index (χ2n) is 9.13. The highest BCUT2D eigenvalue weighted by Gasteiger charge is 2.30. The number of nitrogens with zero attached hydrogens (tertiary/aromatic N) is 2. The van der Waals surface area contributed by atoms with Crippen LogP contribution in [0.15, 0.2) is 78.9 Å². The molecular weight excluding hydrogens is 557 g/mol. The SMILES string of the molecule is CCNC(=O)[C@@H](Cc1ccccc1)N(Cc1ccc(Cl)cc1Cl)C(=O)CCCN(c1ccccc1)S(C)(=O)=O. The molecular formula is C29H33Cl2N3O4S. The first kappa shape index (κ1) is 30.5. The van der Waals surface area contributed by atoms with Crippen LogP contribution < -0.4 is 9.62 Å². The molecule has 0 aromatic heterocycles. The average molecular weight is 591 g/mol. The van der Waals surface area contributed by atoms with E-state index in [1.807, 2.05) is 43.3 Å². The third-order valence-corrected chi connectivity index (χ3v) is 7.96. The molecule has 2 amide bonds. The van der Waals surface area contributed by atoms with E-state index in [0.29, 0.717) is 34.3 Å². The molecule has 7 nitrogen and oxygen atoms in total. The maximum atomic E-state index is 13.7. The van der Waals surface area contributed by atoms with Gasteiger partial charge in [0.15, 0.2) is 0 Å². The molecule has 3 aromatic rings. The number of hydrogen-bond acceptors (Lipinski definition) is 4. The number of rotatable bonds is 13. The highest BCUT2D eigenvalue weighted by molar-refractivity contribution is 7.92. The Bertz CT molecular complexity index is 1360. The summed E-state index contributed by atoms with van der Waals surface area (Å²) < 4.78 is 26.2. The number of para-hydroxylation sites is 1. The van der Waals surface area contributed by atoms with Gasteiger partial charge in [-0.15, -0.1) is 0 Å². The highest BCUT2D eigenvalue weighted by atomic mass is 35.5. The van der Waals surface area contributed by atoms with E-state index in [0.717, 1.165) is 11.8 Å². The topological polar surface area (TPSA) is 86.8 Å². The zero-order valence-electron chi connectivity index (χ0n) is 22.0. The zero-order valence-corrected chi connectivity index (χ0v) is 24.3. The van der Waals surface area contributed by atoms with Gasteiger partial charge in [0.1, 0.15) is 6.04 Å². The molecule has 0 heterocycles. The van der Waals surface area contributed by atoms with Crippen molar-refractivity contribution in [2.45, 2.75) is 38.8 Å². The number of benzene rings is 3. The van der Waals surface area contributed by atoms with Crippen LogP contribution in [0.3, 0.4) is 0 Å². The van der Waals surface area contributed by atoms with Gasteiger partial charge in [-0.1, -0.05) is 77.8 Å². The molecule has 0 aliphatic heterocycles. The molecule has 3 aromatic carbocycles. The summed E-state index contributed by atoms with van der Waals surface area (Å²) in [6.45, 7) is 2.45. The first-order valence-corrected chi connectivity index (χ1v) is 15.3. The Morgan fingerprint density at radius 1 is 0.949 bits per heavy atom. The summed E-state index contributed by atoms with van der Waals surface area (Å²) in [7, 11) is -3.56. The van der Waals surface area contributed by atoms with Crippen molar-refractivity contribution in [2.24, 2.45) is 0 Å². The molecule has 0 spiro atoms. The van der Waals surface area contributed by atoms with Gasteiger partial charge in [-0.05, 0) is 48.7 Å². The third-order valence-electron chi connectivity index (χ3n) is 6.17. The minimum absolute atomic E-state index is 0.0365. The summed E-state index contributed by atoms with van der Waals surface area (Å²) in [5.74, 6) is -0.559. The van der Waals surface area contributed by atoms with E-state index >= 15 is 0 Å². The normalized spacial score (nSPS) is 12.0. The fraction of sp³-hybridized carbons (Fsp3) is 0.310. The van der Waals surface area contributed by atoms with Crippen LogP contribution in [-0.4, -0.2) is 50.5 Å². The van der Waals surface area contributed by atoms with E-state index in [2.05, 4.69) is 5.32 Å². The van der Waals surface area contributed by atoms with Crippen molar-refractivity contribution >= 4 is 50.7 Å². The van der Waals surface area contributed by atoms with Crippen molar-refractivity contribution in [3.05, 3.63) is 100 Å². The van der Waals surface area contributed by atoms with Gasteiger partial charge < -0.3 is 10.2 Å². The van der Waals surface area contributed by atoms with E-state index in [-0.39, 0.29) is 37.7 Å². The fourth-order valence-corrected chi connectivity index (χ4v) is 5.71. The van der Waals surface area contributed by atoms with Crippen LogP contribution in [0.4, 0.5) is 5.69 Å². The number of carbonyl (C=O) groups is 2. The lowest BCUT2D eigenvalue weighted by Crippen LogP contribution is -2.50. The van der Waals surface area contributed by atoms with Gasteiger partial charge in [-0.3, -0.25) is 13.9 Å². The number of anilines is 1. The Morgan fingerprint density at radius 2 is 1.59 bits per heavy atom. The number of likely N-dealkylation sites (N-methyl/N-ethyl adjacent to an activating group) is 1. The molecule has 10 heteroatoms. The van der Waals surface area contributed by atoms with Gasteiger partial charge in [0, 0.05) is 42.5 Å². The van der Waals surface area contributed by atoms with Gasteiger partial charge in [0.2, 0.25) is 21.8 Å². The second kappa shape index (κ2) is 14.4. The number of sulfonamides is 1. The maximum Gasteiger partial charge on any atom is 0.243 e. The van der Waals surface area contributed by atoms with Gasteiger partial charge in [-0.2, -0.15) is 0 Å². The average Bonchev–Trinajstić information content (AvgIpc) is 2.90. The first-order valence-electron chi connectivity index (χ1n) is 12.7. The van der Waals surface area contributed by atoms with Crippen LogP contribution >= 0.6 is 23.2 Å². The molecule has 1 atom stereocenters. The summed E-state index contributed by atoms with van der Waals surface area (Å²) in [6.07, 6.45) is 1.75. The Kier molecular flexibility index (Phi) is 11.2. The first-order chi connectivity index (χ1) is 18.6. The highest BCUT2D eigenvalue weighted by Crippen LogP contribution is 2.25. The molecule has 0 saturated carbocycles. The summed E-state index contributed by atoms with van der Waals surface area (Å²) in [4.78, 5) is 28.5. The number of carbonyl (C=O) groups excluding carboxylic acids is 2. The van der Waals surface area contributed by atoms with Crippen molar-refractivity contribution in [2.75, 3.05) is 23.7 Å². The fourth-order valence-electron chi connectivity index (χ4n) is 4.28. The van der Waals surface area contributed by atoms with Gasteiger partial charge in [0.25, 0.3) is 0 Å². The van der Waals surface area contributed by atoms with Crippen LogP contribution in [0.25, 0.3) is 0 Å². The van der Waals surface area contributed by atoms with Crippen LogP contribution in [0, 0.1) is 0 Å². The Morgan fingerprint density at radius 3 is 2.18 bits per heavy atom. The van der Waals surface area contributed by atoms with E-state index in [1.54, 1.807) is 42.5 Å². The summed E-state index contributed by atoms with van der Waals surface area (Å²) in [5.41, 5.74) is 2.08. The van der Waals surface area contributed by atoms with E-state index < -0.39 is 16.1 Å². The molecule has 1 N–H and O–H groups in total. The number of hydrogen-bond donors (Lipinski definition) is 1. The van der Waals surface area contributed by atoms with E-state index in [4.69, 9.17) is 23.2 Å². The van der Waals surface area contributed by atoms with Crippen LogP contribution in [0.5, 0.6) is 0 Å². The smallest absolute Gasteiger partial charge is 0.243 e. The van der Waals surface area contributed by atoms with Crippen molar-refractivity contribution in [1.29, 1.82) is 0 Å². The summed E-state index contributed by atoms with van der Waals surface area (Å²) in [6, 6.07) is 22.5. The van der Waals surface area contributed by atoms with Gasteiger partial charge in [0.05, 0.1) is 11.9 Å².